The molecule has 3 nitrogen and oxygen atoms in total. The van der Waals surface area contributed by atoms with Crippen molar-refractivity contribution in [2.24, 2.45) is 0 Å². The molecule has 3 heteroatoms. The average Bonchev–Trinajstić information content (AvgIpc) is 2.55. The SMILES string of the molecule is CCc1cccc(C(C)=O)c1.COc1cccc(C(C)=O)c1. The van der Waals surface area contributed by atoms with Crippen LogP contribution in [0.25, 0.3) is 0 Å². The number of aryl methyl sites for hydroxylation is 1. The smallest absolute Gasteiger partial charge is 0.159 e. The molecule has 0 heterocycles. The molecule has 0 saturated carbocycles. The van der Waals surface area contributed by atoms with Crippen LogP contribution < -0.4 is 4.74 Å². The molecule has 2 rings (SSSR count). The van der Waals surface area contributed by atoms with Gasteiger partial charge in [0.2, 0.25) is 0 Å². The summed E-state index contributed by atoms with van der Waals surface area (Å²) in [6, 6.07) is 14.9. The number of hydrogen-bond acceptors (Lipinski definition) is 3. The Kier molecular flexibility index (Phi) is 7.03. The molecule has 0 aromatic heterocycles. The van der Waals surface area contributed by atoms with E-state index in [1.807, 2.05) is 30.3 Å². The summed E-state index contributed by atoms with van der Waals surface area (Å²) in [4.78, 5) is 21.8. The van der Waals surface area contributed by atoms with Gasteiger partial charge in [0.05, 0.1) is 7.11 Å². The maximum absolute atomic E-state index is 10.9. The lowest BCUT2D eigenvalue weighted by Gasteiger charge is -1.99. The van der Waals surface area contributed by atoms with Crippen molar-refractivity contribution in [1.29, 1.82) is 0 Å². The second-order valence-corrected chi connectivity index (χ2v) is 4.90. The van der Waals surface area contributed by atoms with E-state index < -0.39 is 0 Å². The van der Waals surface area contributed by atoms with Crippen LogP contribution in [0.1, 0.15) is 47.1 Å². The summed E-state index contributed by atoms with van der Waals surface area (Å²) >= 11 is 0. The summed E-state index contributed by atoms with van der Waals surface area (Å²) in [7, 11) is 1.58. The first-order valence-corrected chi connectivity index (χ1v) is 7.22. The Hall–Kier alpha value is -2.42. The van der Waals surface area contributed by atoms with Crippen molar-refractivity contribution in [2.45, 2.75) is 27.2 Å². The number of rotatable bonds is 4. The van der Waals surface area contributed by atoms with Crippen LogP contribution in [0.5, 0.6) is 5.75 Å². The van der Waals surface area contributed by atoms with Crippen molar-refractivity contribution in [2.75, 3.05) is 7.11 Å². The molecule has 116 valence electrons. The molecule has 0 saturated heterocycles. The van der Waals surface area contributed by atoms with E-state index in [0.717, 1.165) is 17.7 Å². The van der Waals surface area contributed by atoms with E-state index in [4.69, 9.17) is 4.74 Å². The van der Waals surface area contributed by atoms with Crippen molar-refractivity contribution >= 4 is 11.6 Å². The monoisotopic (exact) mass is 298 g/mol. The maximum atomic E-state index is 10.9. The standard InChI is InChI=1S/C10H12O.C9H10O2/c1-3-9-5-4-6-10(7-9)8(2)11;1-7(10)8-4-3-5-9(6-8)11-2/h4-7H,3H2,1-2H3;3-6H,1-2H3. The molecule has 0 atom stereocenters. The maximum Gasteiger partial charge on any atom is 0.159 e. The van der Waals surface area contributed by atoms with E-state index in [1.165, 1.54) is 12.5 Å². The first kappa shape index (κ1) is 17.6. The quantitative estimate of drug-likeness (QED) is 0.788. The molecule has 2 aromatic rings. The van der Waals surface area contributed by atoms with Crippen LogP contribution in [0.15, 0.2) is 48.5 Å². The molecule has 0 aliphatic carbocycles. The minimum atomic E-state index is 0.0592. The minimum absolute atomic E-state index is 0.0592. The van der Waals surface area contributed by atoms with Gasteiger partial charge in [0.1, 0.15) is 5.75 Å². The van der Waals surface area contributed by atoms with Crippen LogP contribution in [-0.2, 0) is 6.42 Å². The van der Waals surface area contributed by atoms with E-state index in [1.54, 1.807) is 32.2 Å². The van der Waals surface area contributed by atoms with Gasteiger partial charge in [-0.2, -0.15) is 0 Å². The van der Waals surface area contributed by atoms with E-state index >= 15 is 0 Å². The summed E-state index contributed by atoms with van der Waals surface area (Å²) in [5.41, 5.74) is 2.71. The number of ketones is 2. The number of carbonyl (C=O) groups excluding carboxylic acids is 2. The van der Waals surface area contributed by atoms with Gasteiger partial charge in [0.25, 0.3) is 0 Å². The van der Waals surface area contributed by atoms with Gasteiger partial charge in [-0.15, -0.1) is 0 Å². The molecule has 0 bridgehead atoms. The Bertz CT molecular complexity index is 587. The van der Waals surface area contributed by atoms with Gasteiger partial charge in [-0.3, -0.25) is 9.59 Å². The molecule has 0 spiro atoms. The highest BCUT2D eigenvalue weighted by Gasteiger charge is 1.99. The summed E-state index contributed by atoms with van der Waals surface area (Å²) < 4.78 is 4.95. The molecular weight excluding hydrogens is 276 g/mol. The van der Waals surface area contributed by atoms with Crippen LogP contribution in [0.4, 0.5) is 0 Å². The normalized spacial score (nSPS) is 9.45. The molecular formula is C19H22O3. The lowest BCUT2D eigenvalue weighted by Crippen LogP contribution is -1.92. The predicted molar refractivity (Wildman–Crippen MR) is 88.8 cm³/mol. The van der Waals surface area contributed by atoms with E-state index in [9.17, 15) is 9.59 Å². The summed E-state index contributed by atoms with van der Waals surface area (Å²) in [5.74, 6) is 0.918. The van der Waals surface area contributed by atoms with Crippen molar-refractivity contribution in [1.82, 2.24) is 0 Å². The van der Waals surface area contributed by atoms with Crippen molar-refractivity contribution in [3.8, 4) is 5.75 Å². The van der Waals surface area contributed by atoms with Crippen molar-refractivity contribution < 1.29 is 14.3 Å². The van der Waals surface area contributed by atoms with Crippen LogP contribution in [-0.4, -0.2) is 18.7 Å². The average molecular weight is 298 g/mol. The first-order valence-electron chi connectivity index (χ1n) is 7.22. The van der Waals surface area contributed by atoms with Gasteiger partial charge >= 0.3 is 0 Å². The number of benzene rings is 2. The highest BCUT2D eigenvalue weighted by atomic mass is 16.5. The molecule has 0 fully saturated rings. The largest absolute Gasteiger partial charge is 0.497 e. The number of hydrogen-bond donors (Lipinski definition) is 0. The van der Waals surface area contributed by atoms with Gasteiger partial charge in [0.15, 0.2) is 11.6 Å². The number of methoxy groups -OCH3 is 1. The van der Waals surface area contributed by atoms with Crippen LogP contribution in [0.3, 0.4) is 0 Å². The fourth-order valence-corrected chi connectivity index (χ4v) is 1.85. The molecule has 0 N–H and O–H groups in total. The zero-order valence-electron chi connectivity index (χ0n) is 13.6. The Labute approximate surface area is 131 Å². The van der Waals surface area contributed by atoms with Gasteiger partial charge in [-0.1, -0.05) is 37.3 Å². The Morgan fingerprint density at radius 3 is 1.95 bits per heavy atom. The summed E-state index contributed by atoms with van der Waals surface area (Å²) in [6.07, 6.45) is 0.987. The molecule has 0 radical (unpaired) electrons. The zero-order chi connectivity index (χ0) is 16.5. The fourth-order valence-electron chi connectivity index (χ4n) is 1.85. The van der Waals surface area contributed by atoms with E-state index in [0.29, 0.717) is 5.56 Å². The molecule has 0 aliphatic rings. The van der Waals surface area contributed by atoms with Crippen LogP contribution in [0.2, 0.25) is 0 Å². The van der Waals surface area contributed by atoms with Gasteiger partial charge < -0.3 is 4.74 Å². The highest BCUT2D eigenvalue weighted by molar-refractivity contribution is 5.94. The second-order valence-electron chi connectivity index (χ2n) is 4.90. The van der Waals surface area contributed by atoms with Gasteiger partial charge in [-0.25, -0.2) is 0 Å². The molecule has 22 heavy (non-hydrogen) atoms. The van der Waals surface area contributed by atoms with Crippen LogP contribution >= 0.6 is 0 Å². The Morgan fingerprint density at radius 2 is 1.45 bits per heavy atom. The Morgan fingerprint density at radius 1 is 0.909 bits per heavy atom. The summed E-state index contributed by atoms with van der Waals surface area (Å²) in [5, 5.41) is 0. The van der Waals surface area contributed by atoms with Crippen molar-refractivity contribution in [3.63, 3.8) is 0 Å². The molecule has 0 aliphatic heterocycles. The third-order valence-electron chi connectivity index (χ3n) is 3.22. The van der Waals surface area contributed by atoms with Gasteiger partial charge in [0, 0.05) is 11.1 Å². The van der Waals surface area contributed by atoms with Gasteiger partial charge in [-0.05, 0) is 44.0 Å². The minimum Gasteiger partial charge on any atom is -0.497 e. The highest BCUT2D eigenvalue weighted by Crippen LogP contribution is 2.12. The third kappa shape index (κ3) is 5.52. The number of ether oxygens (including phenoxy) is 1. The second kappa shape index (κ2) is 8.78. The molecule has 0 amide bonds. The fraction of sp³-hybridized carbons (Fsp3) is 0.263. The zero-order valence-corrected chi connectivity index (χ0v) is 13.6. The van der Waals surface area contributed by atoms with E-state index in [2.05, 4.69) is 6.92 Å². The molecule has 0 unspecified atom stereocenters. The lowest BCUT2D eigenvalue weighted by atomic mass is 10.1. The molecule has 2 aromatic carbocycles. The van der Waals surface area contributed by atoms with Crippen LogP contribution in [0, 0.1) is 0 Å². The number of carbonyl (C=O) groups is 2. The predicted octanol–water partition coefficient (Wildman–Crippen LogP) is 4.35. The van der Waals surface area contributed by atoms with Crippen molar-refractivity contribution in [3.05, 3.63) is 65.2 Å². The van der Waals surface area contributed by atoms with E-state index in [-0.39, 0.29) is 11.6 Å². The lowest BCUT2D eigenvalue weighted by molar-refractivity contribution is 0.100. The Balaban J connectivity index is 0.000000220. The first-order chi connectivity index (χ1) is 10.5. The number of Topliss-reactive ketones (excluding diaryl/α,β-unsaturated/α-hetero) is 2. The third-order valence-corrected chi connectivity index (χ3v) is 3.22. The topological polar surface area (TPSA) is 43.4 Å². The summed E-state index contributed by atoms with van der Waals surface area (Å²) in [6.45, 7) is 5.21.